The Morgan fingerprint density at radius 2 is 1.92 bits per heavy atom. The van der Waals surface area contributed by atoms with Gasteiger partial charge in [-0.1, -0.05) is 42.5 Å². The lowest BCUT2D eigenvalue weighted by atomic mass is 10.1. The lowest BCUT2D eigenvalue weighted by Crippen LogP contribution is -2.61. The molecule has 1 fully saturated rings. The summed E-state index contributed by atoms with van der Waals surface area (Å²) < 4.78 is 1.97. The van der Waals surface area contributed by atoms with Crippen LogP contribution in [-0.4, -0.2) is 63.2 Å². The molecule has 2 aliphatic heterocycles. The number of benzene rings is 1. The van der Waals surface area contributed by atoms with E-state index in [1.807, 2.05) is 41.8 Å². The number of amidine groups is 2. The van der Waals surface area contributed by atoms with E-state index in [9.17, 15) is 9.59 Å². The van der Waals surface area contributed by atoms with E-state index in [-0.39, 0.29) is 11.9 Å². The zero-order chi connectivity index (χ0) is 18.1. The molecule has 6 nitrogen and oxygen atoms in total. The summed E-state index contributed by atoms with van der Waals surface area (Å²) in [6.45, 7) is 6.44. The third-order valence-electron chi connectivity index (χ3n) is 4.14. The summed E-state index contributed by atoms with van der Waals surface area (Å²) in [6, 6.07) is 9.01. The number of amides is 3. The predicted molar refractivity (Wildman–Crippen MR) is 99.8 cm³/mol. The third-order valence-corrected chi connectivity index (χ3v) is 5.36. The SMILES string of the molecule is C=C(C)CSC1=[N+](Cc2ccccc2)C2C(=O)N(C)C(=O)N(C)C2=N1. The van der Waals surface area contributed by atoms with Crippen LogP contribution in [0.2, 0.25) is 0 Å². The van der Waals surface area contributed by atoms with Gasteiger partial charge in [0.15, 0.2) is 0 Å². The highest BCUT2D eigenvalue weighted by molar-refractivity contribution is 8.13. The molecule has 3 rings (SSSR count). The molecule has 0 aromatic heterocycles. The van der Waals surface area contributed by atoms with Crippen LogP contribution in [0.1, 0.15) is 12.5 Å². The first-order valence-corrected chi connectivity index (χ1v) is 8.97. The second kappa shape index (κ2) is 6.84. The normalized spacial score (nSPS) is 20.1. The summed E-state index contributed by atoms with van der Waals surface area (Å²) in [4.78, 5) is 32.2. The topological polar surface area (TPSA) is 56.0 Å². The van der Waals surface area contributed by atoms with Crippen molar-refractivity contribution in [2.75, 3.05) is 19.8 Å². The van der Waals surface area contributed by atoms with Gasteiger partial charge in [0.2, 0.25) is 0 Å². The van der Waals surface area contributed by atoms with Crippen LogP contribution in [-0.2, 0) is 11.3 Å². The zero-order valence-corrected chi connectivity index (χ0v) is 15.4. The van der Waals surface area contributed by atoms with Gasteiger partial charge >= 0.3 is 11.2 Å². The maximum Gasteiger partial charge on any atom is 0.358 e. The van der Waals surface area contributed by atoms with Crippen molar-refractivity contribution in [2.45, 2.75) is 19.5 Å². The largest absolute Gasteiger partial charge is 0.358 e. The number of carbonyl (C=O) groups is 2. The summed E-state index contributed by atoms with van der Waals surface area (Å²) in [5, 5.41) is 0.746. The van der Waals surface area contributed by atoms with Crippen LogP contribution in [0, 0.1) is 0 Å². The Labute approximate surface area is 151 Å². The number of imide groups is 1. The minimum atomic E-state index is -0.569. The first kappa shape index (κ1) is 17.4. The number of likely N-dealkylation sites (N-methyl/N-ethyl adjacent to an activating group) is 2. The van der Waals surface area contributed by atoms with E-state index in [0.717, 1.165) is 21.2 Å². The molecule has 2 aliphatic rings. The van der Waals surface area contributed by atoms with Crippen molar-refractivity contribution in [1.82, 2.24) is 9.80 Å². The number of aliphatic imine (C=N–C) groups is 1. The van der Waals surface area contributed by atoms with E-state index in [1.165, 1.54) is 23.7 Å². The second-order valence-electron chi connectivity index (χ2n) is 6.25. The minimum Gasteiger partial charge on any atom is -0.269 e. The highest BCUT2D eigenvalue weighted by Gasteiger charge is 2.53. The van der Waals surface area contributed by atoms with E-state index in [1.54, 1.807) is 7.05 Å². The van der Waals surface area contributed by atoms with Crippen molar-refractivity contribution in [3.8, 4) is 0 Å². The molecule has 2 heterocycles. The van der Waals surface area contributed by atoms with Crippen LogP contribution in [0.4, 0.5) is 4.79 Å². The van der Waals surface area contributed by atoms with Crippen LogP contribution >= 0.6 is 11.8 Å². The molecule has 0 radical (unpaired) electrons. The number of rotatable bonds is 4. The first-order valence-electron chi connectivity index (χ1n) is 7.98. The Bertz CT molecular complexity index is 801. The van der Waals surface area contributed by atoms with Gasteiger partial charge in [0.1, 0.15) is 6.54 Å². The van der Waals surface area contributed by atoms with Gasteiger partial charge in [-0.05, 0) is 29.2 Å². The molecule has 3 amide bonds. The average Bonchev–Trinajstić information content (AvgIpc) is 2.95. The van der Waals surface area contributed by atoms with Crippen molar-refractivity contribution in [3.05, 3.63) is 48.0 Å². The number of thioether (sulfide) groups is 1. The Balaban J connectivity index is 2.00. The molecule has 130 valence electrons. The smallest absolute Gasteiger partial charge is 0.269 e. The number of carbonyl (C=O) groups excluding carboxylic acids is 2. The van der Waals surface area contributed by atoms with Crippen molar-refractivity contribution in [3.63, 3.8) is 0 Å². The minimum absolute atomic E-state index is 0.247. The van der Waals surface area contributed by atoms with Crippen molar-refractivity contribution in [1.29, 1.82) is 0 Å². The molecule has 1 unspecified atom stereocenters. The van der Waals surface area contributed by atoms with Gasteiger partial charge in [-0.15, -0.1) is 0 Å². The molecule has 1 atom stereocenters. The molecular weight excluding hydrogens is 336 g/mol. The zero-order valence-electron chi connectivity index (χ0n) is 14.6. The number of hydrogen-bond donors (Lipinski definition) is 0. The van der Waals surface area contributed by atoms with Crippen LogP contribution < -0.4 is 0 Å². The summed E-state index contributed by atoms with van der Waals surface area (Å²) in [7, 11) is 3.17. The standard InChI is InChI=1S/C18H21N4O2S/c1-12(2)11-25-17-19-15-14(16(23)21(4)18(24)20(15)3)22(17)10-13-8-6-5-7-9-13/h5-9,14H,1,10-11H2,2-4H3/q+1. The number of nitrogens with zero attached hydrogens (tertiary/aromatic N) is 4. The van der Waals surface area contributed by atoms with Crippen LogP contribution in [0.25, 0.3) is 0 Å². The molecular formula is C18H21N4O2S+. The van der Waals surface area contributed by atoms with Gasteiger partial charge in [0, 0.05) is 19.8 Å². The van der Waals surface area contributed by atoms with E-state index in [4.69, 9.17) is 0 Å². The van der Waals surface area contributed by atoms with Gasteiger partial charge in [-0.3, -0.25) is 14.6 Å². The molecule has 1 aromatic carbocycles. The second-order valence-corrected chi connectivity index (χ2v) is 7.20. The van der Waals surface area contributed by atoms with Gasteiger partial charge < -0.3 is 0 Å². The van der Waals surface area contributed by atoms with Crippen molar-refractivity contribution in [2.24, 2.45) is 4.99 Å². The maximum absolute atomic E-state index is 12.8. The van der Waals surface area contributed by atoms with E-state index < -0.39 is 6.04 Å². The number of urea groups is 1. The van der Waals surface area contributed by atoms with E-state index in [0.29, 0.717) is 18.1 Å². The maximum atomic E-state index is 12.8. The molecule has 0 bridgehead atoms. The fraction of sp³-hybridized carbons (Fsp3) is 0.333. The fourth-order valence-electron chi connectivity index (χ4n) is 2.82. The molecule has 7 heteroatoms. The quantitative estimate of drug-likeness (QED) is 0.613. The molecule has 0 saturated carbocycles. The van der Waals surface area contributed by atoms with Crippen LogP contribution in [0.15, 0.2) is 47.5 Å². The van der Waals surface area contributed by atoms with Crippen molar-refractivity contribution < 1.29 is 14.2 Å². The first-order chi connectivity index (χ1) is 11.9. The van der Waals surface area contributed by atoms with Gasteiger partial charge in [0.25, 0.3) is 17.8 Å². The van der Waals surface area contributed by atoms with Crippen LogP contribution in [0.5, 0.6) is 0 Å². The monoisotopic (exact) mass is 357 g/mol. The summed E-state index contributed by atoms with van der Waals surface area (Å²) in [5.74, 6) is 0.961. The van der Waals surface area contributed by atoms with Crippen molar-refractivity contribution >= 4 is 34.7 Å². The van der Waals surface area contributed by atoms with E-state index in [2.05, 4.69) is 11.6 Å². The Morgan fingerprint density at radius 1 is 1.24 bits per heavy atom. The Morgan fingerprint density at radius 3 is 2.56 bits per heavy atom. The molecule has 0 aliphatic carbocycles. The van der Waals surface area contributed by atoms with Gasteiger partial charge in [-0.2, -0.15) is 0 Å². The fourth-order valence-corrected chi connectivity index (χ4v) is 3.69. The lowest BCUT2D eigenvalue weighted by molar-refractivity contribution is -0.548. The summed E-state index contributed by atoms with van der Waals surface area (Å²) in [5.41, 5.74) is 2.11. The lowest BCUT2D eigenvalue weighted by Gasteiger charge is -2.30. The van der Waals surface area contributed by atoms with E-state index >= 15 is 0 Å². The van der Waals surface area contributed by atoms with Gasteiger partial charge in [-0.25, -0.2) is 9.37 Å². The molecule has 25 heavy (non-hydrogen) atoms. The Hall–Kier alpha value is -2.41. The Kier molecular flexibility index (Phi) is 4.76. The summed E-state index contributed by atoms with van der Waals surface area (Å²) >= 11 is 1.54. The molecule has 1 saturated heterocycles. The summed E-state index contributed by atoms with van der Waals surface area (Å²) in [6.07, 6.45) is 0. The van der Waals surface area contributed by atoms with Crippen LogP contribution in [0.3, 0.4) is 0 Å². The molecule has 1 aromatic rings. The molecule has 0 spiro atoms. The number of fused-ring (bicyclic) bond motifs is 1. The molecule has 0 N–H and O–H groups in total. The highest BCUT2D eigenvalue weighted by Crippen LogP contribution is 2.25. The predicted octanol–water partition coefficient (Wildman–Crippen LogP) is 2.17. The third kappa shape index (κ3) is 3.24. The number of hydrogen-bond acceptors (Lipinski definition) is 4. The van der Waals surface area contributed by atoms with Gasteiger partial charge in [0.05, 0.1) is 0 Å². The highest BCUT2D eigenvalue weighted by atomic mass is 32.2. The average molecular weight is 357 g/mol.